The van der Waals surface area contributed by atoms with Gasteiger partial charge in [0.2, 0.25) is 0 Å². The summed E-state index contributed by atoms with van der Waals surface area (Å²) in [6.07, 6.45) is 96.1. The maximum atomic E-state index is 12.8. The molecule has 0 aromatic carbocycles. The lowest BCUT2D eigenvalue weighted by Crippen LogP contribution is -2.30. The van der Waals surface area contributed by atoms with Crippen LogP contribution in [0.15, 0.2) is 146 Å². The SMILES string of the molecule is CC/C=C\C/C=C\C/C=C\C/C=C\C/C=C\C/C=C\C/C=C\CCCCCC(=O)OC(COC(=O)CCCCCCCC)COC(=O)CCCCCCCCCCCCCCCCC/C=C\C/C=C\C/C=C\C/C=C\C/C=C\CC. The minimum absolute atomic E-state index is 0.0944. The molecule has 6 nitrogen and oxygen atoms in total. The van der Waals surface area contributed by atoms with E-state index in [1.54, 1.807) is 0 Å². The number of unbranched alkanes of at least 4 members (excludes halogenated alkanes) is 23. The normalized spacial score (nSPS) is 13.1. The van der Waals surface area contributed by atoms with Gasteiger partial charge in [0.1, 0.15) is 13.2 Å². The van der Waals surface area contributed by atoms with E-state index in [0.717, 1.165) is 141 Å². The zero-order valence-electron chi connectivity index (χ0n) is 51.8. The van der Waals surface area contributed by atoms with Crippen LogP contribution in [0.3, 0.4) is 0 Å². The van der Waals surface area contributed by atoms with E-state index in [1.165, 1.54) is 103 Å². The van der Waals surface area contributed by atoms with E-state index >= 15 is 0 Å². The molecular formula is C74H120O6. The molecule has 0 aliphatic heterocycles. The van der Waals surface area contributed by atoms with E-state index in [9.17, 15) is 14.4 Å². The Hall–Kier alpha value is -4.71. The fraction of sp³-hybridized carbons (Fsp3) is 0.635. The van der Waals surface area contributed by atoms with Crippen LogP contribution in [0.5, 0.6) is 0 Å². The maximum Gasteiger partial charge on any atom is 0.306 e. The second-order valence-corrected chi connectivity index (χ2v) is 21.3. The fourth-order valence-corrected chi connectivity index (χ4v) is 8.74. The molecular weight excluding hydrogens is 985 g/mol. The molecule has 0 aliphatic carbocycles. The van der Waals surface area contributed by atoms with E-state index < -0.39 is 6.10 Å². The molecule has 0 radical (unpaired) electrons. The van der Waals surface area contributed by atoms with Crippen molar-refractivity contribution in [1.82, 2.24) is 0 Å². The number of carbonyl (C=O) groups is 3. The molecule has 0 rings (SSSR count). The summed E-state index contributed by atoms with van der Waals surface area (Å²) in [5.74, 6) is -0.937. The zero-order chi connectivity index (χ0) is 57.8. The van der Waals surface area contributed by atoms with Crippen molar-refractivity contribution in [2.24, 2.45) is 0 Å². The Kier molecular flexibility index (Phi) is 62.9. The van der Waals surface area contributed by atoms with E-state index in [2.05, 4.69) is 167 Å². The third kappa shape index (κ3) is 64.1. The summed E-state index contributed by atoms with van der Waals surface area (Å²) in [7, 11) is 0. The molecule has 452 valence electrons. The van der Waals surface area contributed by atoms with Crippen molar-refractivity contribution in [3.63, 3.8) is 0 Å². The van der Waals surface area contributed by atoms with Gasteiger partial charge in [0, 0.05) is 19.3 Å². The molecule has 0 N–H and O–H groups in total. The Bertz CT molecular complexity index is 1750. The molecule has 6 heteroatoms. The Morgan fingerprint density at radius 2 is 0.487 bits per heavy atom. The molecule has 0 saturated carbocycles. The van der Waals surface area contributed by atoms with Gasteiger partial charge in [-0.2, -0.15) is 0 Å². The lowest BCUT2D eigenvalue weighted by molar-refractivity contribution is -0.167. The van der Waals surface area contributed by atoms with Crippen molar-refractivity contribution in [3.05, 3.63) is 146 Å². The first-order chi connectivity index (χ1) is 39.5. The summed E-state index contributed by atoms with van der Waals surface area (Å²) in [6.45, 7) is 6.33. The summed E-state index contributed by atoms with van der Waals surface area (Å²) in [6, 6.07) is 0. The van der Waals surface area contributed by atoms with Crippen LogP contribution < -0.4 is 0 Å². The Balaban J connectivity index is 4.14. The first-order valence-electron chi connectivity index (χ1n) is 32.8. The molecule has 0 saturated heterocycles. The molecule has 0 aliphatic rings. The Labute approximate surface area is 493 Å². The van der Waals surface area contributed by atoms with Gasteiger partial charge in [-0.3, -0.25) is 14.4 Å². The van der Waals surface area contributed by atoms with Crippen LogP contribution in [0.25, 0.3) is 0 Å². The Morgan fingerprint density at radius 1 is 0.263 bits per heavy atom. The highest BCUT2D eigenvalue weighted by molar-refractivity contribution is 5.71. The molecule has 1 atom stereocenters. The molecule has 0 aromatic rings. The van der Waals surface area contributed by atoms with Crippen LogP contribution >= 0.6 is 0 Å². The first kappa shape index (κ1) is 75.3. The molecule has 0 aromatic heterocycles. The maximum absolute atomic E-state index is 12.8. The van der Waals surface area contributed by atoms with Gasteiger partial charge in [-0.1, -0.05) is 289 Å². The molecule has 0 spiro atoms. The van der Waals surface area contributed by atoms with Crippen LogP contribution in [-0.4, -0.2) is 37.2 Å². The standard InChI is InChI=1S/C74H120O6/c1-4-7-10-13-16-18-20-22-24-26-28-30-32-34-35-36-37-38-39-41-42-44-46-48-50-52-54-56-58-61-64-67-73(76)79-70-71(69-78-72(75)66-63-60-15-12-9-6-3)80-74(77)68-65-62-59-57-55-53-51-49-47-45-43-40-33-31-29-27-25-23-21-19-17-14-11-8-5-2/h7-8,10-11,16-19,22-25,28-31,34-35,40,43,47,49,53,55,71H,4-6,9,12-15,20-21,26-27,32-33,36-39,41-42,44-46,48,50-52,54,56-70H2,1-3H3/b10-7-,11-8-,18-16-,19-17-,24-22-,25-23-,30-28-,31-29-,35-34-,43-40-,49-47-,55-53-. The number of ether oxygens (including phenoxy) is 3. The number of hydrogen-bond donors (Lipinski definition) is 0. The van der Waals surface area contributed by atoms with Crippen molar-refractivity contribution in [1.29, 1.82) is 0 Å². The van der Waals surface area contributed by atoms with Gasteiger partial charge < -0.3 is 14.2 Å². The Morgan fingerprint density at radius 3 is 0.775 bits per heavy atom. The predicted molar refractivity (Wildman–Crippen MR) is 348 cm³/mol. The molecule has 0 bridgehead atoms. The third-order valence-corrected chi connectivity index (χ3v) is 13.6. The monoisotopic (exact) mass is 1100 g/mol. The highest BCUT2D eigenvalue weighted by Crippen LogP contribution is 2.16. The minimum Gasteiger partial charge on any atom is -0.462 e. The topological polar surface area (TPSA) is 78.9 Å². The van der Waals surface area contributed by atoms with E-state index in [0.29, 0.717) is 12.8 Å². The van der Waals surface area contributed by atoms with Gasteiger partial charge in [0.05, 0.1) is 0 Å². The highest BCUT2D eigenvalue weighted by atomic mass is 16.6. The number of carbonyl (C=O) groups excluding carboxylic acids is 3. The van der Waals surface area contributed by atoms with E-state index in [1.807, 2.05) is 0 Å². The van der Waals surface area contributed by atoms with Crippen molar-refractivity contribution >= 4 is 17.9 Å². The summed E-state index contributed by atoms with van der Waals surface area (Å²) in [5.41, 5.74) is 0. The molecule has 0 fully saturated rings. The van der Waals surface area contributed by atoms with Gasteiger partial charge in [0.15, 0.2) is 6.10 Å². The molecule has 0 heterocycles. The second kappa shape index (κ2) is 66.8. The highest BCUT2D eigenvalue weighted by Gasteiger charge is 2.19. The van der Waals surface area contributed by atoms with E-state index in [-0.39, 0.29) is 37.5 Å². The van der Waals surface area contributed by atoms with Gasteiger partial charge in [-0.25, -0.2) is 0 Å². The van der Waals surface area contributed by atoms with Crippen LogP contribution in [0.2, 0.25) is 0 Å². The fourth-order valence-electron chi connectivity index (χ4n) is 8.74. The van der Waals surface area contributed by atoms with E-state index in [4.69, 9.17) is 14.2 Å². The molecule has 0 amide bonds. The van der Waals surface area contributed by atoms with Gasteiger partial charge >= 0.3 is 17.9 Å². The minimum atomic E-state index is -0.798. The summed E-state index contributed by atoms with van der Waals surface area (Å²) < 4.78 is 16.8. The summed E-state index contributed by atoms with van der Waals surface area (Å²) >= 11 is 0. The second-order valence-electron chi connectivity index (χ2n) is 21.3. The van der Waals surface area contributed by atoms with Crippen molar-refractivity contribution in [3.8, 4) is 0 Å². The van der Waals surface area contributed by atoms with Crippen molar-refractivity contribution in [2.45, 2.75) is 290 Å². The lowest BCUT2D eigenvalue weighted by atomic mass is 10.0. The zero-order valence-corrected chi connectivity index (χ0v) is 51.8. The number of hydrogen-bond acceptors (Lipinski definition) is 6. The van der Waals surface area contributed by atoms with Gasteiger partial charge in [0.25, 0.3) is 0 Å². The quantitative estimate of drug-likeness (QED) is 0.0261. The lowest BCUT2D eigenvalue weighted by Gasteiger charge is -2.18. The van der Waals surface area contributed by atoms with Crippen LogP contribution in [-0.2, 0) is 28.6 Å². The number of esters is 3. The summed E-state index contributed by atoms with van der Waals surface area (Å²) in [5, 5.41) is 0. The number of allylic oxidation sites excluding steroid dienone is 24. The van der Waals surface area contributed by atoms with Gasteiger partial charge in [-0.05, 0) is 122 Å². The largest absolute Gasteiger partial charge is 0.462 e. The first-order valence-corrected chi connectivity index (χ1v) is 32.8. The smallest absolute Gasteiger partial charge is 0.306 e. The van der Waals surface area contributed by atoms with Crippen LogP contribution in [0.1, 0.15) is 284 Å². The summed E-state index contributed by atoms with van der Waals surface area (Å²) in [4.78, 5) is 38.0. The number of rotatable bonds is 58. The average molecular weight is 1110 g/mol. The van der Waals surface area contributed by atoms with Gasteiger partial charge in [-0.15, -0.1) is 0 Å². The van der Waals surface area contributed by atoms with Crippen molar-refractivity contribution < 1.29 is 28.6 Å². The average Bonchev–Trinajstić information content (AvgIpc) is 3.46. The van der Waals surface area contributed by atoms with Crippen LogP contribution in [0, 0.1) is 0 Å². The predicted octanol–water partition coefficient (Wildman–Crippen LogP) is 22.7. The van der Waals surface area contributed by atoms with Crippen LogP contribution in [0.4, 0.5) is 0 Å². The van der Waals surface area contributed by atoms with Crippen molar-refractivity contribution in [2.75, 3.05) is 13.2 Å². The molecule has 1 unspecified atom stereocenters. The third-order valence-electron chi connectivity index (χ3n) is 13.6. The molecule has 80 heavy (non-hydrogen) atoms.